The average Bonchev–Trinajstić information content (AvgIpc) is 3.43. The number of anilines is 1. The first kappa shape index (κ1) is 26.1. The van der Waals surface area contributed by atoms with Gasteiger partial charge in [-0.1, -0.05) is 17.7 Å². The summed E-state index contributed by atoms with van der Waals surface area (Å²) < 4.78 is 33.2. The van der Waals surface area contributed by atoms with E-state index in [-0.39, 0.29) is 24.0 Å². The van der Waals surface area contributed by atoms with E-state index in [0.29, 0.717) is 40.0 Å². The van der Waals surface area contributed by atoms with Gasteiger partial charge >= 0.3 is 10.3 Å². The van der Waals surface area contributed by atoms with Crippen LogP contribution in [0.25, 0.3) is 0 Å². The number of ketones is 1. The molecule has 1 saturated carbocycles. The molecular formula is C23H24ClN5O6S2. The third-order valence-electron chi connectivity index (χ3n) is 6.45. The van der Waals surface area contributed by atoms with Gasteiger partial charge in [-0.05, 0) is 37.0 Å². The third kappa shape index (κ3) is 5.82. The Labute approximate surface area is 222 Å². The maximum absolute atomic E-state index is 13.5. The molecule has 2 aliphatic rings. The van der Waals surface area contributed by atoms with Crippen molar-refractivity contribution < 1.29 is 27.2 Å². The van der Waals surface area contributed by atoms with Crippen molar-refractivity contribution in [1.29, 1.82) is 0 Å². The van der Waals surface area contributed by atoms with E-state index < -0.39 is 28.4 Å². The Kier molecular flexibility index (Phi) is 7.54. The van der Waals surface area contributed by atoms with Crippen molar-refractivity contribution in [3.05, 3.63) is 68.5 Å². The van der Waals surface area contributed by atoms with Gasteiger partial charge in [0.05, 0.1) is 39.8 Å². The molecule has 37 heavy (non-hydrogen) atoms. The van der Waals surface area contributed by atoms with E-state index in [9.17, 15) is 18.3 Å². The van der Waals surface area contributed by atoms with Crippen LogP contribution in [0, 0.1) is 5.92 Å². The van der Waals surface area contributed by atoms with Crippen LogP contribution in [0.15, 0.2) is 36.9 Å². The second kappa shape index (κ2) is 10.7. The Morgan fingerprint density at radius 3 is 3.00 bits per heavy atom. The lowest BCUT2D eigenvalue weighted by atomic mass is 9.99. The fourth-order valence-corrected chi connectivity index (χ4v) is 6.33. The molecule has 1 fully saturated rings. The fourth-order valence-electron chi connectivity index (χ4n) is 4.69. The fraction of sp³-hybridized carbons (Fsp3) is 0.391. The summed E-state index contributed by atoms with van der Waals surface area (Å²) in [5.74, 6) is -0.453. The van der Waals surface area contributed by atoms with Gasteiger partial charge in [-0.3, -0.25) is 14.0 Å². The number of aromatic nitrogens is 3. The highest BCUT2D eigenvalue weighted by Gasteiger charge is 2.35. The normalized spacial score (nSPS) is 23.5. The number of thiophene rings is 1. The van der Waals surface area contributed by atoms with Gasteiger partial charge in [-0.2, -0.15) is 8.42 Å². The van der Waals surface area contributed by atoms with Gasteiger partial charge in [0.1, 0.15) is 18.2 Å². The summed E-state index contributed by atoms with van der Waals surface area (Å²) in [5, 5.41) is 18.4. The number of rotatable bonds is 8. The molecule has 0 saturated heterocycles. The Hall–Kier alpha value is -2.52. The lowest BCUT2D eigenvalue weighted by Crippen LogP contribution is -2.24. The first-order valence-corrected chi connectivity index (χ1v) is 14.2. The van der Waals surface area contributed by atoms with Crippen LogP contribution in [-0.2, 0) is 25.6 Å². The highest BCUT2D eigenvalue weighted by atomic mass is 35.5. The predicted octanol–water partition coefficient (Wildman–Crippen LogP) is 2.25. The number of halogens is 1. The van der Waals surface area contributed by atoms with Crippen LogP contribution >= 0.6 is 22.9 Å². The summed E-state index contributed by atoms with van der Waals surface area (Å²) in [7, 11) is -4.11. The highest BCUT2D eigenvalue weighted by molar-refractivity contribution is 7.84. The number of hydrogen-bond acceptors (Lipinski definition) is 11. The lowest BCUT2D eigenvalue weighted by molar-refractivity contribution is 0.0667. The molecule has 1 aliphatic carbocycles. The molecule has 1 aliphatic heterocycles. The molecule has 0 aromatic carbocycles. The summed E-state index contributed by atoms with van der Waals surface area (Å²) >= 11 is 7.71. The molecule has 4 N–H and O–H groups in total. The van der Waals surface area contributed by atoms with E-state index in [2.05, 4.69) is 24.5 Å². The third-order valence-corrected chi connectivity index (χ3v) is 8.30. The van der Waals surface area contributed by atoms with Crippen LogP contribution in [0.2, 0.25) is 4.34 Å². The van der Waals surface area contributed by atoms with Crippen molar-refractivity contribution in [2.75, 3.05) is 18.5 Å². The molecular weight excluding hydrogens is 542 g/mol. The van der Waals surface area contributed by atoms with Crippen LogP contribution in [0.5, 0.6) is 0 Å². The zero-order valence-corrected chi connectivity index (χ0v) is 21.8. The van der Waals surface area contributed by atoms with E-state index >= 15 is 0 Å². The topological polar surface area (TPSA) is 167 Å². The first-order valence-electron chi connectivity index (χ1n) is 11.5. The molecule has 1 unspecified atom stereocenters. The summed E-state index contributed by atoms with van der Waals surface area (Å²) in [5.41, 5.74) is 2.80. The molecule has 3 aromatic heterocycles. The molecule has 5 rings (SSSR count). The lowest BCUT2D eigenvalue weighted by Gasteiger charge is -2.24. The average molecular weight is 566 g/mol. The monoisotopic (exact) mass is 565 g/mol. The Morgan fingerprint density at radius 2 is 2.19 bits per heavy atom. The van der Waals surface area contributed by atoms with Crippen LogP contribution in [0.1, 0.15) is 51.0 Å². The van der Waals surface area contributed by atoms with Crippen LogP contribution in [-0.4, -0.2) is 59.6 Å². The number of carbonyl (C=O) groups is 1. The molecule has 0 bridgehead atoms. The van der Waals surface area contributed by atoms with Crippen molar-refractivity contribution in [2.45, 2.75) is 37.5 Å². The maximum Gasteiger partial charge on any atom is 0.333 e. The number of ether oxygens (including phenoxy) is 1. The van der Waals surface area contributed by atoms with Crippen molar-refractivity contribution in [3.8, 4) is 0 Å². The van der Waals surface area contributed by atoms with E-state index in [4.69, 9.17) is 21.5 Å². The molecule has 4 atom stereocenters. The second-order valence-corrected chi connectivity index (χ2v) is 11.8. The maximum atomic E-state index is 13.5. The van der Waals surface area contributed by atoms with Crippen molar-refractivity contribution in [3.63, 3.8) is 0 Å². The number of aliphatic hydroxyl groups excluding tert-OH is 1. The van der Waals surface area contributed by atoms with Gasteiger partial charge in [0, 0.05) is 29.9 Å². The second-order valence-electron chi connectivity index (χ2n) is 8.92. The van der Waals surface area contributed by atoms with Gasteiger partial charge < -0.3 is 15.2 Å². The number of nitrogens with zero attached hydrogens (tertiary/aromatic N) is 3. The zero-order chi connectivity index (χ0) is 26.2. The molecule has 196 valence electrons. The van der Waals surface area contributed by atoms with Crippen molar-refractivity contribution >= 4 is 44.8 Å². The number of nitrogens with two attached hydrogens (primary N) is 1. The number of carbonyl (C=O) groups excluding carboxylic acids is 1. The quantitative estimate of drug-likeness (QED) is 0.345. The Balaban J connectivity index is 1.34. The Morgan fingerprint density at radius 1 is 1.35 bits per heavy atom. The van der Waals surface area contributed by atoms with E-state index in [1.165, 1.54) is 12.5 Å². The minimum absolute atomic E-state index is 0.231. The number of nitrogens with one attached hydrogen (secondary N) is 1. The molecule has 14 heteroatoms. The van der Waals surface area contributed by atoms with Gasteiger partial charge in [-0.25, -0.2) is 15.1 Å². The van der Waals surface area contributed by atoms with Crippen molar-refractivity contribution in [1.82, 2.24) is 15.0 Å². The molecule has 0 radical (unpaired) electrons. The largest absolute Gasteiger partial charge is 0.393 e. The molecule has 11 nitrogen and oxygen atoms in total. The number of pyridine rings is 1. The van der Waals surface area contributed by atoms with Crippen molar-refractivity contribution in [2.24, 2.45) is 11.1 Å². The summed E-state index contributed by atoms with van der Waals surface area (Å²) in [6.45, 7) is 0.293. The summed E-state index contributed by atoms with van der Waals surface area (Å²) in [6.07, 6.45) is 4.66. The SMILES string of the molecule is NS(=O)(=O)OC[C@H]1C[C@@H](Nc2ncncc2C(=O)c2cc(C3OCCc4cccnc43)c(Cl)s2)C[C@@H]1O. The molecule has 0 amide bonds. The van der Waals surface area contributed by atoms with Gasteiger partial charge in [-0.15, -0.1) is 11.3 Å². The van der Waals surface area contributed by atoms with Gasteiger partial charge in [0.2, 0.25) is 5.78 Å². The molecule has 0 spiro atoms. The van der Waals surface area contributed by atoms with Crippen LogP contribution in [0.3, 0.4) is 0 Å². The van der Waals surface area contributed by atoms with Gasteiger partial charge in [0.25, 0.3) is 0 Å². The first-order chi connectivity index (χ1) is 17.7. The van der Waals surface area contributed by atoms with E-state index in [0.717, 1.165) is 29.0 Å². The zero-order valence-electron chi connectivity index (χ0n) is 19.4. The number of aliphatic hydroxyl groups is 1. The van der Waals surface area contributed by atoms with Gasteiger partial charge in [0.15, 0.2) is 0 Å². The number of hydrogen-bond donors (Lipinski definition) is 3. The van der Waals surface area contributed by atoms with E-state index in [1.54, 1.807) is 12.3 Å². The molecule has 3 aromatic rings. The van der Waals surface area contributed by atoms with E-state index in [1.807, 2.05) is 12.1 Å². The minimum Gasteiger partial charge on any atom is -0.393 e. The molecule has 4 heterocycles. The number of fused-ring (bicyclic) bond motifs is 1. The van der Waals surface area contributed by atoms with Crippen LogP contribution in [0.4, 0.5) is 5.82 Å². The smallest absolute Gasteiger partial charge is 0.333 e. The minimum atomic E-state index is -4.11. The summed E-state index contributed by atoms with van der Waals surface area (Å²) in [4.78, 5) is 26.6. The van der Waals surface area contributed by atoms with Crippen LogP contribution < -0.4 is 10.5 Å². The Bertz CT molecular complexity index is 1420. The summed E-state index contributed by atoms with van der Waals surface area (Å²) in [6, 6.07) is 5.34. The standard InChI is InChI=1S/C23H24ClN5O6S2/c24-22-15(21-19-12(3-5-34-21)2-1-4-27-19)8-18(36-22)20(31)16-9-26-11-28-23(16)29-14-6-13(17(30)7-14)10-35-37(25,32)33/h1-2,4,8-9,11,13-14,17,21,30H,3,5-7,10H2,(H2,25,32,33)(H,26,28,29)/t13-,14-,17+,21?/m1/s1. The predicted molar refractivity (Wildman–Crippen MR) is 136 cm³/mol. The highest BCUT2D eigenvalue weighted by Crippen LogP contribution is 2.40.